The average molecular weight is 224 g/mol. The van der Waals surface area contributed by atoms with Crippen molar-refractivity contribution >= 4 is 0 Å². The van der Waals surface area contributed by atoms with Crippen molar-refractivity contribution in [2.45, 2.75) is 63.3 Å². The summed E-state index contributed by atoms with van der Waals surface area (Å²) in [5.74, 6) is 0. The normalized spacial score (nSPS) is 43.3. The summed E-state index contributed by atoms with van der Waals surface area (Å²) in [6.07, 6.45) is 7.64. The predicted octanol–water partition coefficient (Wildman–Crippen LogP) is 1.38. The van der Waals surface area contributed by atoms with Gasteiger partial charge < -0.3 is 10.1 Å². The van der Waals surface area contributed by atoms with Crippen LogP contribution in [0.4, 0.5) is 0 Å². The van der Waals surface area contributed by atoms with Gasteiger partial charge in [-0.3, -0.25) is 4.90 Å². The second-order valence-electron chi connectivity index (χ2n) is 5.61. The highest BCUT2D eigenvalue weighted by Crippen LogP contribution is 2.38. The van der Waals surface area contributed by atoms with E-state index in [1.807, 2.05) is 0 Å². The largest absolute Gasteiger partial charge is 0.373 e. The molecule has 3 heterocycles. The average Bonchev–Trinajstić information content (AvgIpc) is 3.01. The fourth-order valence-electron chi connectivity index (χ4n) is 3.60. The van der Waals surface area contributed by atoms with Gasteiger partial charge in [-0.15, -0.1) is 0 Å². The minimum absolute atomic E-state index is 0.565. The van der Waals surface area contributed by atoms with E-state index in [0.717, 1.165) is 12.1 Å². The molecule has 0 aromatic heterocycles. The summed E-state index contributed by atoms with van der Waals surface area (Å²) in [6.45, 7) is 5.94. The molecule has 3 aliphatic rings. The highest BCUT2D eigenvalue weighted by molar-refractivity contribution is 4.98. The summed E-state index contributed by atoms with van der Waals surface area (Å²) in [6, 6.07) is 1.48. The van der Waals surface area contributed by atoms with E-state index in [2.05, 4.69) is 17.1 Å². The van der Waals surface area contributed by atoms with Crippen molar-refractivity contribution in [2.75, 3.05) is 19.6 Å². The van der Waals surface area contributed by atoms with Crippen LogP contribution >= 0.6 is 0 Å². The number of ether oxygens (including phenoxy) is 1. The van der Waals surface area contributed by atoms with Gasteiger partial charge in [0.1, 0.15) is 0 Å². The molecule has 0 spiro atoms. The molecule has 4 unspecified atom stereocenters. The molecule has 3 saturated heterocycles. The molecule has 2 bridgehead atoms. The Morgan fingerprint density at radius 3 is 2.94 bits per heavy atom. The van der Waals surface area contributed by atoms with E-state index in [1.165, 1.54) is 51.7 Å². The maximum atomic E-state index is 5.95. The SMILES string of the molecule is CCCNC1CCN(C2CC3CCC2O3)C1. The Morgan fingerprint density at radius 1 is 1.31 bits per heavy atom. The lowest BCUT2D eigenvalue weighted by atomic mass is 9.94. The van der Waals surface area contributed by atoms with Gasteiger partial charge in [0.25, 0.3) is 0 Å². The Bertz CT molecular complexity index is 246. The van der Waals surface area contributed by atoms with Crippen molar-refractivity contribution in [3.8, 4) is 0 Å². The van der Waals surface area contributed by atoms with Crippen LogP contribution in [0.2, 0.25) is 0 Å². The molecule has 3 aliphatic heterocycles. The van der Waals surface area contributed by atoms with E-state index < -0.39 is 0 Å². The zero-order valence-electron chi connectivity index (χ0n) is 10.3. The topological polar surface area (TPSA) is 24.5 Å². The Kier molecular flexibility index (Phi) is 3.18. The van der Waals surface area contributed by atoms with Gasteiger partial charge in [-0.05, 0) is 38.6 Å². The van der Waals surface area contributed by atoms with Crippen molar-refractivity contribution in [1.82, 2.24) is 10.2 Å². The zero-order valence-corrected chi connectivity index (χ0v) is 10.3. The molecular formula is C13H24N2O. The number of hydrogen-bond acceptors (Lipinski definition) is 3. The first-order valence-corrected chi connectivity index (χ1v) is 6.99. The van der Waals surface area contributed by atoms with Crippen LogP contribution in [-0.4, -0.2) is 48.8 Å². The molecule has 0 radical (unpaired) electrons. The third-order valence-corrected chi connectivity index (χ3v) is 4.45. The standard InChI is InChI=1S/C13H24N2O/c1-2-6-14-10-5-7-15(9-10)12-8-11-3-4-13(12)16-11/h10-14H,2-9H2,1H3. The molecule has 16 heavy (non-hydrogen) atoms. The van der Waals surface area contributed by atoms with E-state index in [0.29, 0.717) is 12.2 Å². The highest BCUT2D eigenvalue weighted by Gasteiger charge is 2.44. The number of hydrogen-bond donors (Lipinski definition) is 1. The summed E-state index contributed by atoms with van der Waals surface area (Å²) in [4.78, 5) is 2.68. The molecule has 3 heteroatoms. The van der Waals surface area contributed by atoms with Gasteiger partial charge in [0, 0.05) is 25.2 Å². The molecule has 3 rings (SSSR count). The number of fused-ring (bicyclic) bond motifs is 2. The van der Waals surface area contributed by atoms with Crippen LogP contribution in [0.5, 0.6) is 0 Å². The first-order valence-electron chi connectivity index (χ1n) is 6.99. The van der Waals surface area contributed by atoms with Crippen LogP contribution in [0.3, 0.4) is 0 Å². The minimum Gasteiger partial charge on any atom is -0.373 e. The van der Waals surface area contributed by atoms with Crippen molar-refractivity contribution in [1.29, 1.82) is 0 Å². The Morgan fingerprint density at radius 2 is 2.25 bits per heavy atom. The maximum Gasteiger partial charge on any atom is 0.0735 e. The third kappa shape index (κ3) is 2.01. The van der Waals surface area contributed by atoms with Crippen LogP contribution in [0.1, 0.15) is 39.0 Å². The lowest BCUT2D eigenvalue weighted by Crippen LogP contribution is -2.42. The molecule has 3 nitrogen and oxygen atoms in total. The number of likely N-dealkylation sites (tertiary alicyclic amines) is 1. The first kappa shape index (κ1) is 11.0. The molecule has 0 saturated carbocycles. The van der Waals surface area contributed by atoms with Crippen LogP contribution in [0, 0.1) is 0 Å². The van der Waals surface area contributed by atoms with E-state index in [-0.39, 0.29) is 0 Å². The van der Waals surface area contributed by atoms with Crippen molar-refractivity contribution in [2.24, 2.45) is 0 Å². The van der Waals surface area contributed by atoms with Crippen molar-refractivity contribution in [3.05, 3.63) is 0 Å². The monoisotopic (exact) mass is 224 g/mol. The number of rotatable bonds is 4. The van der Waals surface area contributed by atoms with Gasteiger partial charge in [-0.1, -0.05) is 6.92 Å². The zero-order chi connectivity index (χ0) is 11.0. The molecule has 1 N–H and O–H groups in total. The summed E-state index contributed by atoms with van der Waals surface area (Å²) in [5, 5.41) is 3.65. The minimum atomic E-state index is 0.565. The Labute approximate surface area is 98.5 Å². The fraction of sp³-hybridized carbons (Fsp3) is 1.00. The van der Waals surface area contributed by atoms with E-state index in [9.17, 15) is 0 Å². The van der Waals surface area contributed by atoms with Gasteiger partial charge >= 0.3 is 0 Å². The van der Waals surface area contributed by atoms with Crippen molar-refractivity contribution in [3.63, 3.8) is 0 Å². The Hall–Kier alpha value is -0.120. The molecule has 0 aliphatic carbocycles. The van der Waals surface area contributed by atoms with Gasteiger partial charge in [-0.2, -0.15) is 0 Å². The van der Waals surface area contributed by atoms with Gasteiger partial charge in [0.05, 0.1) is 12.2 Å². The second-order valence-corrected chi connectivity index (χ2v) is 5.61. The van der Waals surface area contributed by atoms with E-state index in [1.54, 1.807) is 0 Å². The quantitative estimate of drug-likeness (QED) is 0.781. The summed E-state index contributed by atoms with van der Waals surface area (Å²) >= 11 is 0. The predicted molar refractivity (Wildman–Crippen MR) is 64.6 cm³/mol. The van der Waals surface area contributed by atoms with Crippen LogP contribution < -0.4 is 5.32 Å². The summed E-state index contributed by atoms with van der Waals surface area (Å²) in [7, 11) is 0. The molecule has 0 aromatic rings. The lowest BCUT2D eigenvalue weighted by Gasteiger charge is -2.29. The van der Waals surface area contributed by atoms with Gasteiger partial charge in [0.2, 0.25) is 0 Å². The molecule has 3 fully saturated rings. The maximum absolute atomic E-state index is 5.95. The highest BCUT2D eigenvalue weighted by atomic mass is 16.5. The van der Waals surface area contributed by atoms with Gasteiger partial charge in [-0.25, -0.2) is 0 Å². The fourth-order valence-corrected chi connectivity index (χ4v) is 3.60. The van der Waals surface area contributed by atoms with Gasteiger partial charge in [0.15, 0.2) is 0 Å². The summed E-state index contributed by atoms with van der Waals surface area (Å²) < 4.78 is 5.95. The molecule has 4 atom stereocenters. The van der Waals surface area contributed by atoms with E-state index in [4.69, 9.17) is 4.74 Å². The summed E-state index contributed by atoms with van der Waals surface area (Å²) in [5.41, 5.74) is 0. The third-order valence-electron chi connectivity index (χ3n) is 4.45. The second kappa shape index (κ2) is 4.63. The first-order chi connectivity index (χ1) is 7.86. The van der Waals surface area contributed by atoms with E-state index >= 15 is 0 Å². The Balaban J connectivity index is 1.50. The van der Waals surface area contributed by atoms with Crippen molar-refractivity contribution < 1.29 is 4.74 Å². The molecular weight excluding hydrogens is 200 g/mol. The molecule has 0 amide bonds. The number of nitrogens with zero attached hydrogens (tertiary/aromatic N) is 1. The van der Waals surface area contributed by atoms with Crippen LogP contribution in [0.15, 0.2) is 0 Å². The lowest BCUT2D eigenvalue weighted by molar-refractivity contribution is 0.0764. The molecule has 92 valence electrons. The molecule has 0 aromatic carbocycles. The smallest absolute Gasteiger partial charge is 0.0735 e. The number of nitrogens with one attached hydrogen (secondary N) is 1. The van der Waals surface area contributed by atoms with Crippen LogP contribution in [-0.2, 0) is 4.74 Å². The van der Waals surface area contributed by atoms with Crippen LogP contribution in [0.25, 0.3) is 0 Å².